The number of carbonyl (C=O) groups is 2. The molecule has 0 aliphatic rings. The van der Waals surface area contributed by atoms with Gasteiger partial charge in [0.15, 0.2) is 0 Å². The van der Waals surface area contributed by atoms with Crippen LogP contribution in [0.2, 0.25) is 0 Å². The highest BCUT2D eigenvalue weighted by Crippen LogP contribution is 2.32. The van der Waals surface area contributed by atoms with Gasteiger partial charge in [-0.2, -0.15) is 13.2 Å². The fourth-order valence-electron chi connectivity index (χ4n) is 3.59. The Morgan fingerprint density at radius 2 is 1.64 bits per heavy atom. The van der Waals surface area contributed by atoms with Crippen molar-refractivity contribution in [2.45, 2.75) is 58.4 Å². The lowest BCUT2D eigenvalue weighted by Gasteiger charge is -2.33. The summed E-state index contributed by atoms with van der Waals surface area (Å²) in [5, 5.41) is 2.85. The molecule has 0 aromatic heterocycles. The summed E-state index contributed by atoms with van der Waals surface area (Å²) in [6.45, 7) is 4.71. The van der Waals surface area contributed by atoms with Crippen molar-refractivity contribution in [3.05, 3.63) is 65.7 Å². The van der Waals surface area contributed by atoms with Gasteiger partial charge in [0.05, 0.1) is 17.5 Å². The van der Waals surface area contributed by atoms with Gasteiger partial charge in [-0.15, -0.1) is 0 Å². The van der Waals surface area contributed by atoms with Crippen molar-refractivity contribution in [1.82, 2.24) is 10.2 Å². The van der Waals surface area contributed by atoms with Crippen LogP contribution in [-0.4, -0.2) is 50.0 Å². The summed E-state index contributed by atoms with van der Waals surface area (Å²) in [6.07, 6.45) is -2.95. The number of anilines is 1. The van der Waals surface area contributed by atoms with Gasteiger partial charge in [0, 0.05) is 12.6 Å². The van der Waals surface area contributed by atoms with Crippen LogP contribution in [0.1, 0.15) is 44.7 Å². The lowest BCUT2D eigenvalue weighted by molar-refractivity contribution is -0.140. The largest absolute Gasteiger partial charge is 0.416 e. The third-order valence-electron chi connectivity index (χ3n) is 5.72. The maximum Gasteiger partial charge on any atom is 0.416 e. The van der Waals surface area contributed by atoms with Crippen LogP contribution in [0.5, 0.6) is 0 Å². The van der Waals surface area contributed by atoms with Gasteiger partial charge in [0.2, 0.25) is 21.8 Å². The zero-order valence-electron chi connectivity index (χ0n) is 20.7. The first-order valence-electron chi connectivity index (χ1n) is 11.6. The molecular weight excluding hydrogens is 495 g/mol. The van der Waals surface area contributed by atoms with Gasteiger partial charge in [0.25, 0.3) is 0 Å². The van der Waals surface area contributed by atoms with Crippen molar-refractivity contribution in [1.29, 1.82) is 0 Å². The molecular formula is C25H32F3N3O4S. The minimum atomic E-state index is -4.69. The monoisotopic (exact) mass is 527 g/mol. The summed E-state index contributed by atoms with van der Waals surface area (Å²) in [5.74, 6) is -1.10. The average molecular weight is 528 g/mol. The summed E-state index contributed by atoms with van der Waals surface area (Å²) in [5.41, 5.74) is -0.621. The molecule has 2 aromatic carbocycles. The van der Waals surface area contributed by atoms with E-state index in [1.165, 1.54) is 11.0 Å². The van der Waals surface area contributed by atoms with Crippen molar-refractivity contribution < 1.29 is 31.2 Å². The summed E-state index contributed by atoms with van der Waals surface area (Å²) < 4.78 is 65.5. The molecule has 0 radical (unpaired) electrons. The Labute approximate surface area is 210 Å². The molecule has 11 heteroatoms. The summed E-state index contributed by atoms with van der Waals surface area (Å²) in [6, 6.07) is 11.6. The highest BCUT2D eigenvalue weighted by atomic mass is 32.2. The van der Waals surface area contributed by atoms with E-state index in [2.05, 4.69) is 5.32 Å². The Balaban J connectivity index is 2.46. The zero-order chi connectivity index (χ0) is 27.1. The van der Waals surface area contributed by atoms with Gasteiger partial charge in [-0.25, -0.2) is 8.42 Å². The number of hydrogen-bond acceptors (Lipinski definition) is 4. The van der Waals surface area contributed by atoms with Gasteiger partial charge >= 0.3 is 6.18 Å². The number of nitrogens with zero attached hydrogens (tertiary/aromatic N) is 2. The van der Waals surface area contributed by atoms with E-state index >= 15 is 0 Å². The fourth-order valence-corrected chi connectivity index (χ4v) is 4.43. The Morgan fingerprint density at radius 3 is 2.17 bits per heavy atom. The number of alkyl halides is 3. The second-order valence-electron chi connectivity index (χ2n) is 8.57. The Morgan fingerprint density at radius 1 is 1.00 bits per heavy atom. The van der Waals surface area contributed by atoms with Gasteiger partial charge in [-0.3, -0.25) is 13.9 Å². The number of benzene rings is 2. The molecule has 0 aliphatic carbocycles. The van der Waals surface area contributed by atoms with Crippen molar-refractivity contribution in [3.8, 4) is 0 Å². The number of sulfonamides is 1. The van der Waals surface area contributed by atoms with Crippen LogP contribution in [0.25, 0.3) is 0 Å². The van der Waals surface area contributed by atoms with E-state index in [9.17, 15) is 31.2 Å². The van der Waals surface area contributed by atoms with Crippen molar-refractivity contribution >= 4 is 27.5 Å². The van der Waals surface area contributed by atoms with Crippen molar-refractivity contribution in [3.63, 3.8) is 0 Å². The van der Waals surface area contributed by atoms with E-state index in [1.54, 1.807) is 37.3 Å². The first kappa shape index (κ1) is 29.2. The lowest BCUT2D eigenvalue weighted by atomic mass is 10.1. The third kappa shape index (κ3) is 7.97. The Bertz CT molecular complexity index is 1140. The minimum absolute atomic E-state index is 0.0201. The smallest absolute Gasteiger partial charge is 0.352 e. The van der Waals surface area contributed by atoms with Crippen molar-refractivity contribution in [2.24, 2.45) is 0 Å². The van der Waals surface area contributed by atoms with E-state index < -0.39 is 40.3 Å². The summed E-state index contributed by atoms with van der Waals surface area (Å²) in [4.78, 5) is 27.8. The maximum atomic E-state index is 13.5. The first-order chi connectivity index (χ1) is 16.8. The van der Waals surface area contributed by atoms with Crippen LogP contribution in [0.4, 0.5) is 18.9 Å². The van der Waals surface area contributed by atoms with Gasteiger partial charge in [-0.1, -0.05) is 50.2 Å². The van der Waals surface area contributed by atoms with E-state index in [1.807, 2.05) is 13.8 Å². The molecule has 0 aliphatic heterocycles. The predicted molar refractivity (Wildman–Crippen MR) is 133 cm³/mol. The molecule has 2 amide bonds. The number of rotatable bonds is 11. The Hall–Kier alpha value is -3.08. The zero-order valence-corrected chi connectivity index (χ0v) is 21.6. The van der Waals surface area contributed by atoms with Gasteiger partial charge in [-0.05, 0) is 43.5 Å². The van der Waals surface area contributed by atoms with Crippen LogP contribution in [0.3, 0.4) is 0 Å². The SMILES string of the molecule is CC[C@@H](C)NC(=O)[C@@H](CC)N(Cc1ccccc1)C(=O)CN(c1cccc(C(F)(F)F)c1)S(C)(=O)=O. The molecule has 2 rings (SSSR count). The normalized spacial score (nSPS) is 13.5. The topological polar surface area (TPSA) is 86.8 Å². The van der Waals surface area contributed by atoms with Gasteiger partial charge in [0.1, 0.15) is 12.6 Å². The molecule has 1 N–H and O–H groups in total. The molecule has 0 bridgehead atoms. The van der Waals surface area contributed by atoms with Crippen LogP contribution < -0.4 is 9.62 Å². The first-order valence-corrected chi connectivity index (χ1v) is 13.4. The summed E-state index contributed by atoms with van der Waals surface area (Å²) in [7, 11) is -4.14. The third-order valence-corrected chi connectivity index (χ3v) is 6.86. The number of nitrogens with one attached hydrogen (secondary N) is 1. The quantitative estimate of drug-likeness (QED) is 0.475. The van der Waals surface area contributed by atoms with E-state index in [4.69, 9.17) is 0 Å². The molecule has 0 saturated heterocycles. The van der Waals surface area contributed by atoms with E-state index in [-0.39, 0.29) is 30.6 Å². The van der Waals surface area contributed by atoms with Crippen molar-refractivity contribution in [2.75, 3.05) is 17.1 Å². The van der Waals surface area contributed by atoms with Crippen LogP contribution in [0, 0.1) is 0 Å². The van der Waals surface area contributed by atoms with E-state index in [0.717, 1.165) is 18.4 Å². The van der Waals surface area contributed by atoms with Crippen LogP contribution >= 0.6 is 0 Å². The molecule has 0 saturated carbocycles. The molecule has 36 heavy (non-hydrogen) atoms. The maximum absolute atomic E-state index is 13.5. The number of carbonyl (C=O) groups excluding carboxylic acids is 2. The van der Waals surface area contributed by atoms with Crippen LogP contribution in [0.15, 0.2) is 54.6 Å². The molecule has 2 atom stereocenters. The molecule has 7 nitrogen and oxygen atoms in total. The molecule has 0 fully saturated rings. The second-order valence-corrected chi connectivity index (χ2v) is 10.5. The summed E-state index contributed by atoms with van der Waals surface area (Å²) >= 11 is 0. The number of amides is 2. The predicted octanol–water partition coefficient (Wildman–Crippen LogP) is 4.19. The highest BCUT2D eigenvalue weighted by molar-refractivity contribution is 7.92. The van der Waals surface area contributed by atoms with Crippen LogP contribution in [-0.2, 0) is 32.3 Å². The number of halogens is 3. The second kappa shape index (κ2) is 12.2. The molecule has 0 heterocycles. The standard InChI is InChI=1S/C25H32F3N3O4S/c1-5-18(3)29-24(33)22(6-2)30(16-19-11-8-7-9-12-19)23(32)17-31(36(4,34)35)21-14-10-13-20(15-21)25(26,27)28/h7-15,18,22H,5-6,16-17H2,1-4H3,(H,29,33)/t18-,22-/m1/s1. The molecule has 2 aromatic rings. The average Bonchev–Trinajstić information content (AvgIpc) is 2.81. The van der Waals surface area contributed by atoms with E-state index in [0.29, 0.717) is 22.4 Å². The van der Waals surface area contributed by atoms with Gasteiger partial charge < -0.3 is 10.2 Å². The highest BCUT2D eigenvalue weighted by Gasteiger charge is 2.34. The fraction of sp³-hybridized carbons (Fsp3) is 0.440. The number of hydrogen-bond donors (Lipinski definition) is 1. The molecule has 198 valence electrons. The lowest BCUT2D eigenvalue weighted by Crippen LogP contribution is -2.53. The minimum Gasteiger partial charge on any atom is -0.352 e. The molecule has 0 spiro atoms. The molecule has 0 unspecified atom stereocenters. The Kier molecular flexibility index (Phi) is 9.92.